The van der Waals surface area contributed by atoms with E-state index in [1.165, 1.54) is 6.42 Å². The Balaban J connectivity index is 1.35. The highest BCUT2D eigenvalue weighted by Crippen LogP contribution is 2.33. The number of amides is 3. The lowest BCUT2D eigenvalue weighted by atomic mass is 9.91. The van der Waals surface area contributed by atoms with E-state index in [1.54, 1.807) is 4.90 Å². The van der Waals surface area contributed by atoms with Gasteiger partial charge >= 0.3 is 6.03 Å². The van der Waals surface area contributed by atoms with Gasteiger partial charge in [0.1, 0.15) is 0 Å². The van der Waals surface area contributed by atoms with Crippen molar-refractivity contribution in [2.45, 2.75) is 43.9 Å². The molecule has 6 nitrogen and oxygen atoms in total. The fraction of sp³-hybridized carbons (Fsp3) is 0.556. The summed E-state index contributed by atoms with van der Waals surface area (Å²) in [5, 5.41) is 6.02. The van der Waals surface area contributed by atoms with Crippen molar-refractivity contribution >= 4 is 17.6 Å². The molecule has 1 aromatic carbocycles. The van der Waals surface area contributed by atoms with Crippen LogP contribution in [0.1, 0.15) is 25.7 Å². The first-order valence-corrected chi connectivity index (χ1v) is 8.76. The van der Waals surface area contributed by atoms with Crippen molar-refractivity contribution in [1.82, 2.24) is 10.2 Å². The van der Waals surface area contributed by atoms with E-state index in [0.29, 0.717) is 25.6 Å². The van der Waals surface area contributed by atoms with Crippen molar-refractivity contribution < 1.29 is 14.3 Å². The van der Waals surface area contributed by atoms with Crippen molar-refractivity contribution in [3.63, 3.8) is 0 Å². The van der Waals surface area contributed by atoms with Gasteiger partial charge in [0.05, 0.1) is 18.1 Å². The largest absolute Gasteiger partial charge is 0.370 e. The molecule has 3 fully saturated rings. The zero-order valence-electron chi connectivity index (χ0n) is 13.6. The minimum Gasteiger partial charge on any atom is -0.370 e. The minimum atomic E-state index is -0.189. The maximum absolute atomic E-state index is 12.5. The average Bonchev–Trinajstić information content (AvgIpc) is 2.85. The molecule has 3 atom stereocenters. The number of nitrogens with one attached hydrogen (secondary N) is 2. The molecule has 1 saturated carbocycles. The average molecular weight is 329 g/mol. The summed E-state index contributed by atoms with van der Waals surface area (Å²) in [6.07, 6.45) is 3.84. The van der Waals surface area contributed by atoms with Crippen LogP contribution >= 0.6 is 0 Å². The van der Waals surface area contributed by atoms with Gasteiger partial charge in [0.15, 0.2) is 0 Å². The van der Waals surface area contributed by atoms with Gasteiger partial charge in [-0.05, 0) is 37.8 Å². The maximum atomic E-state index is 12.5. The van der Waals surface area contributed by atoms with Crippen LogP contribution in [0.3, 0.4) is 0 Å². The van der Waals surface area contributed by atoms with Gasteiger partial charge in [0.2, 0.25) is 5.91 Å². The molecule has 1 aromatic rings. The molecule has 0 aromatic heterocycles. The van der Waals surface area contributed by atoms with Gasteiger partial charge in [-0.25, -0.2) is 4.79 Å². The number of carbonyl (C=O) groups is 2. The van der Waals surface area contributed by atoms with Gasteiger partial charge in [0, 0.05) is 24.8 Å². The number of morpholine rings is 1. The van der Waals surface area contributed by atoms with E-state index < -0.39 is 0 Å². The number of hydrogen-bond donors (Lipinski definition) is 2. The Labute approximate surface area is 141 Å². The van der Waals surface area contributed by atoms with Crippen molar-refractivity contribution in [2.75, 3.05) is 18.4 Å². The Bertz CT molecular complexity index is 617. The normalized spacial score (nSPS) is 29.0. The summed E-state index contributed by atoms with van der Waals surface area (Å²) in [6, 6.07) is 9.63. The van der Waals surface area contributed by atoms with Gasteiger partial charge in [-0.15, -0.1) is 0 Å². The van der Waals surface area contributed by atoms with Gasteiger partial charge in [-0.3, -0.25) is 4.79 Å². The summed E-state index contributed by atoms with van der Waals surface area (Å²) in [5.74, 6) is -0.0392. The molecule has 2 bridgehead atoms. The number of ether oxygens (including phenoxy) is 1. The highest BCUT2D eigenvalue weighted by atomic mass is 16.5. The quantitative estimate of drug-likeness (QED) is 0.891. The van der Waals surface area contributed by atoms with Crippen LogP contribution in [0.5, 0.6) is 0 Å². The van der Waals surface area contributed by atoms with Crippen LogP contribution in [0.4, 0.5) is 10.5 Å². The molecular formula is C18H23N3O3. The zero-order chi connectivity index (χ0) is 16.5. The number of para-hydroxylation sites is 1. The zero-order valence-corrected chi connectivity index (χ0v) is 13.6. The molecular weight excluding hydrogens is 306 g/mol. The fourth-order valence-corrected chi connectivity index (χ4v) is 3.68. The summed E-state index contributed by atoms with van der Waals surface area (Å²) < 4.78 is 5.91. The Morgan fingerprint density at radius 2 is 1.92 bits per heavy atom. The molecule has 3 amide bonds. The second-order valence-corrected chi connectivity index (χ2v) is 6.98. The van der Waals surface area contributed by atoms with Crippen LogP contribution in [0, 0.1) is 5.92 Å². The summed E-state index contributed by atoms with van der Waals surface area (Å²) in [4.78, 5) is 26.7. The van der Waals surface area contributed by atoms with E-state index in [4.69, 9.17) is 4.74 Å². The van der Waals surface area contributed by atoms with Gasteiger partial charge < -0.3 is 20.3 Å². The highest BCUT2D eigenvalue weighted by molar-refractivity contribution is 5.89. The minimum absolute atomic E-state index is 0.0394. The van der Waals surface area contributed by atoms with Crippen LogP contribution < -0.4 is 10.6 Å². The van der Waals surface area contributed by atoms with Crippen LogP contribution in [0.25, 0.3) is 0 Å². The SMILES string of the molecule is O=C(NC1CCC1)[C@@H]1C[C@H]2CN(C(=O)Nc3ccccc3)C[C@@H]1O2. The number of fused-ring (bicyclic) bond motifs is 2. The van der Waals surface area contributed by atoms with E-state index in [0.717, 1.165) is 18.5 Å². The lowest BCUT2D eigenvalue weighted by Crippen LogP contribution is -2.50. The molecule has 0 unspecified atom stereocenters. The lowest BCUT2D eigenvalue weighted by Gasteiger charge is -2.33. The maximum Gasteiger partial charge on any atom is 0.322 e. The van der Waals surface area contributed by atoms with Crippen molar-refractivity contribution in [1.29, 1.82) is 0 Å². The van der Waals surface area contributed by atoms with Crippen LogP contribution in [0.15, 0.2) is 30.3 Å². The standard InChI is InChI=1S/C18H23N3O3/c22-17(19-12-7-4-8-12)15-9-14-10-21(11-16(15)24-14)18(23)20-13-5-2-1-3-6-13/h1-3,5-6,12,14-16H,4,7-11H2,(H,19,22)(H,20,23)/t14-,15+,16-/m0/s1. The van der Waals surface area contributed by atoms with E-state index >= 15 is 0 Å². The molecule has 4 rings (SSSR count). The Morgan fingerprint density at radius 3 is 2.62 bits per heavy atom. The van der Waals surface area contributed by atoms with Crippen LogP contribution in [-0.4, -0.2) is 48.2 Å². The molecule has 2 saturated heterocycles. The Hall–Kier alpha value is -2.08. The van der Waals surface area contributed by atoms with Gasteiger partial charge in [-0.1, -0.05) is 18.2 Å². The second kappa shape index (κ2) is 6.43. The molecule has 2 N–H and O–H groups in total. The first kappa shape index (κ1) is 15.4. The molecule has 3 aliphatic rings. The van der Waals surface area contributed by atoms with Crippen LogP contribution in [-0.2, 0) is 9.53 Å². The van der Waals surface area contributed by atoms with Crippen LogP contribution in [0.2, 0.25) is 0 Å². The first-order chi connectivity index (χ1) is 11.7. The molecule has 6 heteroatoms. The Kier molecular flexibility index (Phi) is 4.14. The van der Waals surface area contributed by atoms with Crippen molar-refractivity contribution in [2.24, 2.45) is 5.92 Å². The molecule has 0 radical (unpaired) electrons. The Morgan fingerprint density at radius 1 is 1.12 bits per heavy atom. The fourth-order valence-electron chi connectivity index (χ4n) is 3.68. The van der Waals surface area contributed by atoms with E-state index in [-0.39, 0.29) is 30.1 Å². The lowest BCUT2D eigenvalue weighted by molar-refractivity contribution is -0.128. The molecule has 1 aliphatic carbocycles. The van der Waals surface area contributed by atoms with E-state index in [1.807, 2.05) is 30.3 Å². The summed E-state index contributed by atoms with van der Waals surface area (Å²) in [5.41, 5.74) is 0.778. The van der Waals surface area contributed by atoms with Gasteiger partial charge in [-0.2, -0.15) is 0 Å². The number of carbonyl (C=O) groups excluding carboxylic acids is 2. The molecule has 2 aliphatic heterocycles. The third-order valence-corrected chi connectivity index (χ3v) is 5.26. The predicted octanol–water partition coefficient (Wildman–Crippen LogP) is 1.98. The number of likely N-dealkylation sites (tertiary alicyclic amines) is 1. The van der Waals surface area contributed by atoms with Gasteiger partial charge in [0.25, 0.3) is 0 Å². The predicted molar refractivity (Wildman–Crippen MR) is 89.6 cm³/mol. The number of anilines is 1. The van der Waals surface area contributed by atoms with E-state index in [2.05, 4.69) is 10.6 Å². The number of hydrogen-bond acceptors (Lipinski definition) is 3. The summed E-state index contributed by atoms with van der Waals surface area (Å²) >= 11 is 0. The smallest absolute Gasteiger partial charge is 0.322 e. The summed E-state index contributed by atoms with van der Waals surface area (Å²) in [7, 11) is 0. The molecule has 24 heavy (non-hydrogen) atoms. The van der Waals surface area contributed by atoms with Crippen molar-refractivity contribution in [3.05, 3.63) is 30.3 Å². The third-order valence-electron chi connectivity index (χ3n) is 5.26. The third kappa shape index (κ3) is 3.11. The van der Waals surface area contributed by atoms with E-state index in [9.17, 15) is 9.59 Å². The number of nitrogens with zero attached hydrogens (tertiary/aromatic N) is 1. The number of rotatable bonds is 3. The number of benzene rings is 1. The van der Waals surface area contributed by atoms with Crippen molar-refractivity contribution in [3.8, 4) is 0 Å². The number of urea groups is 1. The summed E-state index contributed by atoms with van der Waals surface area (Å²) in [6.45, 7) is 1.01. The highest BCUT2D eigenvalue weighted by Gasteiger charge is 2.46. The topological polar surface area (TPSA) is 70.7 Å². The monoisotopic (exact) mass is 329 g/mol. The molecule has 128 valence electrons. The molecule has 2 heterocycles. The second-order valence-electron chi connectivity index (χ2n) is 6.98. The molecule has 0 spiro atoms. The first-order valence-electron chi connectivity index (χ1n) is 8.76.